The summed E-state index contributed by atoms with van der Waals surface area (Å²) in [5, 5.41) is 3.93. The van der Waals surface area contributed by atoms with Gasteiger partial charge in [0.15, 0.2) is 0 Å². The van der Waals surface area contributed by atoms with Gasteiger partial charge in [0.1, 0.15) is 10.9 Å². The molecule has 0 saturated carbocycles. The SMILES string of the molecule is Cc1ccc2cc(C=C(NC(=O)c3ccccc3)C(=O)N3CCOCC3)c(Cl)nc2c1. The monoisotopic (exact) mass is 435 g/mol. The van der Waals surface area contributed by atoms with Gasteiger partial charge in [-0.05, 0) is 42.8 Å². The Kier molecular flexibility index (Phi) is 6.30. The number of nitrogens with one attached hydrogen (secondary N) is 1. The largest absolute Gasteiger partial charge is 0.378 e. The van der Waals surface area contributed by atoms with Gasteiger partial charge in [0, 0.05) is 29.6 Å². The molecule has 1 aliphatic heterocycles. The smallest absolute Gasteiger partial charge is 0.270 e. The summed E-state index contributed by atoms with van der Waals surface area (Å²) in [6.45, 7) is 3.83. The summed E-state index contributed by atoms with van der Waals surface area (Å²) < 4.78 is 5.34. The van der Waals surface area contributed by atoms with E-state index in [1.54, 1.807) is 35.2 Å². The summed E-state index contributed by atoms with van der Waals surface area (Å²) in [4.78, 5) is 32.1. The first-order valence-corrected chi connectivity index (χ1v) is 10.4. The lowest BCUT2D eigenvalue weighted by molar-refractivity contribution is -0.131. The Morgan fingerprint density at radius 1 is 1.10 bits per heavy atom. The molecule has 1 fully saturated rings. The van der Waals surface area contributed by atoms with Crippen molar-refractivity contribution >= 4 is 40.4 Å². The number of carbonyl (C=O) groups excluding carboxylic acids is 2. The van der Waals surface area contributed by atoms with Crippen molar-refractivity contribution in [3.8, 4) is 0 Å². The van der Waals surface area contributed by atoms with Crippen LogP contribution >= 0.6 is 11.6 Å². The van der Waals surface area contributed by atoms with E-state index in [1.165, 1.54) is 0 Å². The molecule has 1 aliphatic rings. The van der Waals surface area contributed by atoms with Crippen LogP contribution in [-0.2, 0) is 9.53 Å². The number of benzene rings is 2. The molecule has 2 amide bonds. The maximum Gasteiger partial charge on any atom is 0.270 e. The molecule has 7 heteroatoms. The molecule has 31 heavy (non-hydrogen) atoms. The highest BCUT2D eigenvalue weighted by Crippen LogP contribution is 2.24. The number of aryl methyl sites for hydroxylation is 1. The van der Waals surface area contributed by atoms with E-state index in [2.05, 4.69) is 10.3 Å². The van der Waals surface area contributed by atoms with E-state index in [9.17, 15) is 9.59 Å². The molecule has 4 rings (SSSR count). The lowest BCUT2D eigenvalue weighted by Gasteiger charge is -2.28. The highest BCUT2D eigenvalue weighted by atomic mass is 35.5. The molecule has 3 aromatic rings. The first-order chi connectivity index (χ1) is 15.0. The molecule has 0 unspecified atom stereocenters. The fraction of sp³-hybridized carbons (Fsp3) is 0.208. The highest BCUT2D eigenvalue weighted by Gasteiger charge is 2.23. The van der Waals surface area contributed by atoms with Crippen LogP contribution in [0, 0.1) is 6.92 Å². The van der Waals surface area contributed by atoms with Crippen molar-refractivity contribution in [3.05, 3.63) is 82.1 Å². The molecule has 6 nitrogen and oxygen atoms in total. The number of nitrogens with zero attached hydrogens (tertiary/aromatic N) is 2. The number of ether oxygens (including phenoxy) is 1. The summed E-state index contributed by atoms with van der Waals surface area (Å²) in [5.41, 5.74) is 3.02. The van der Waals surface area contributed by atoms with Crippen molar-refractivity contribution < 1.29 is 14.3 Å². The van der Waals surface area contributed by atoms with Crippen molar-refractivity contribution in [2.45, 2.75) is 6.92 Å². The summed E-state index contributed by atoms with van der Waals surface area (Å²) in [5.74, 6) is -0.651. The number of morpholine rings is 1. The fourth-order valence-electron chi connectivity index (χ4n) is 3.40. The van der Waals surface area contributed by atoms with Crippen LogP contribution in [0.5, 0.6) is 0 Å². The molecule has 2 heterocycles. The Labute approximate surface area is 185 Å². The van der Waals surface area contributed by atoms with Crippen LogP contribution in [0.15, 0.2) is 60.3 Å². The normalized spacial score (nSPS) is 14.5. The molecule has 0 aliphatic carbocycles. The van der Waals surface area contributed by atoms with Gasteiger partial charge in [0.25, 0.3) is 11.8 Å². The Hall–Kier alpha value is -3.22. The van der Waals surface area contributed by atoms with Crippen LogP contribution in [0.1, 0.15) is 21.5 Å². The molecule has 0 radical (unpaired) electrons. The minimum Gasteiger partial charge on any atom is -0.378 e. The molecule has 0 spiro atoms. The van der Waals surface area contributed by atoms with Crippen molar-refractivity contribution in [1.29, 1.82) is 0 Å². The van der Waals surface area contributed by atoms with Gasteiger partial charge >= 0.3 is 0 Å². The van der Waals surface area contributed by atoms with E-state index in [1.807, 2.05) is 37.3 Å². The van der Waals surface area contributed by atoms with E-state index in [-0.39, 0.29) is 22.7 Å². The van der Waals surface area contributed by atoms with Crippen molar-refractivity contribution in [2.75, 3.05) is 26.3 Å². The number of hydrogen-bond acceptors (Lipinski definition) is 4. The van der Waals surface area contributed by atoms with Crippen molar-refractivity contribution in [3.63, 3.8) is 0 Å². The number of fused-ring (bicyclic) bond motifs is 1. The lowest BCUT2D eigenvalue weighted by Crippen LogP contribution is -2.44. The molecule has 1 N–H and O–H groups in total. The second kappa shape index (κ2) is 9.29. The Bertz CT molecular complexity index is 1160. The van der Waals surface area contributed by atoms with Gasteiger partial charge in [-0.2, -0.15) is 0 Å². The van der Waals surface area contributed by atoms with Gasteiger partial charge < -0.3 is 15.0 Å². The van der Waals surface area contributed by atoms with E-state index in [0.29, 0.717) is 37.4 Å². The molecule has 1 aromatic heterocycles. The minimum absolute atomic E-state index is 0.144. The summed E-state index contributed by atoms with van der Waals surface area (Å²) >= 11 is 6.43. The van der Waals surface area contributed by atoms with Gasteiger partial charge in [-0.25, -0.2) is 4.98 Å². The van der Waals surface area contributed by atoms with Gasteiger partial charge in [0.05, 0.1) is 18.7 Å². The topological polar surface area (TPSA) is 71.5 Å². The van der Waals surface area contributed by atoms with Crippen molar-refractivity contribution in [1.82, 2.24) is 15.2 Å². The van der Waals surface area contributed by atoms with Crippen LogP contribution in [0.4, 0.5) is 0 Å². The van der Waals surface area contributed by atoms with E-state index >= 15 is 0 Å². The van der Waals surface area contributed by atoms with Crippen LogP contribution in [-0.4, -0.2) is 48.0 Å². The third-order valence-electron chi connectivity index (χ3n) is 5.07. The molecule has 0 atom stereocenters. The third-order valence-corrected chi connectivity index (χ3v) is 5.37. The molecule has 158 valence electrons. The molecular formula is C24H22ClN3O3. The van der Waals surface area contributed by atoms with E-state index in [4.69, 9.17) is 16.3 Å². The predicted molar refractivity (Wildman–Crippen MR) is 121 cm³/mol. The molecule has 1 saturated heterocycles. The zero-order chi connectivity index (χ0) is 21.8. The maximum atomic E-state index is 13.2. The maximum absolute atomic E-state index is 13.2. The lowest BCUT2D eigenvalue weighted by atomic mass is 10.1. The first kappa shape index (κ1) is 21.0. The third kappa shape index (κ3) is 4.93. The second-order valence-corrected chi connectivity index (χ2v) is 7.71. The Morgan fingerprint density at radius 3 is 2.58 bits per heavy atom. The molecule has 2 aromatic carbocycles. The Morgan fingerprint density at radius 2 is 1.84 bits per heavy atom. The minimum atomic E-state index is -0.367. The number of pyridine rings is 1. The van der Waals surface area contributed by atoms with E-state index < -0.39 is 0 Å². The second-order valence-electron chi connectivity index (χ2n) is 7.35. The number of hydrogen-bond donors (Lipinski definition) is 1. The van der Waals surface area contributed by atoms with Gasteiger partial charge in [-0.15, -0.1) is 0 Å². The zero-order valence-corrected chi connectivity index (χ0v) is 17.9. The first-order valence-electron chi connectivity index (χ1n) is 10.0. The van der Waals surface area contributed by atoms with Gasteiger partial charge in [-0.1, -0.05) is 41.9 Å². The zero-order valence-electron chi connectivity index (χ0n) is 17.1. The van der Waals surface area contributed by atoms with Crippen LogP contribution in [0.3, 0.4) is 0 Å². The van der Waals surface area contributed by atoms with E-state index in [0.717, 1.165) is 16.5 Å². The summed E-state index contributed by atoms with van der Waals surface area (Å²) in [6.07, 6.45) is 1.59. The van der Waals surface area contributed by atoms with Crippen LogP contribution in [0.2, 0.25) is 5.15 Å². The summed E-state index contributed by atoms with van der Waals surface area (Å²) in [7, 11) is 0. The van der Waals surface area contributed by atoms with Crippen LogP contribution in [0.25, 0.3) is 17.0 Å². The number of halogens is 1. The average Bonchev–Trinajstić information content (AvgIpc) is 2.79. The molecular weight excluding hydrogens is 414 g/mol. The quantitative estimate of drug-likeness (QED) is 0.499. The Balaban J connectivity index is 1.72. The standard InChI is InChI=1S/C24H22ClN3O3/c1-16-7-8-18-14-19(22(25)26-20(18)13-16)15-21(24(30)28-9-11-31-12-10-28)27-23(29)17-5-3-2-4-6-17/h2-8,13-15H,9-12H2,1H3,(H,27,29). The number of amides is 2. The van der Waals surface area contributed by atoms with Gasteiger partial charge in [0.2, 0.25) is 0 Å². The number of aromatic nitrogens is 1. The van der Waals surface area contributed by atoms with Crippen molar-refractivity contribution in [2.24, 2.45) is 0 Å². The fourth-order valence-corrected chi connectivity index (χ4v) is 3.60. The van der Waals surface area contributed by atoms with Crippen LogP contribution < -0.4 is 5.32 Å². The van der Waals surface area contributed by atoms with Gasteiger partial charge in [-0.3, -0.25) is 9.59 Å². The summed E-state index contributed by atoms with van der Waals surface area (Å²) in [6, 6.07) is 16.5. The number of rotatable bonds is 4. The highest BCUT2D eigenvalue weighted by molar-refractivity contribution is 6.31. The predicted octanol–water partition coefficient (Wildman–Crippen LogP) is 3.83. The molecule has 0 bridgehead atoms. The average molecular weight is 436 g/mol. The number of carbonyl (C=O) groups is 2.